The van der Waals surface area contributed by atoms with E-state index in [0.29, 0.717) is 34.2 Å². The summed E-state index contributed by atoms with van der Waals surface area (Å²) in [6, 6.07) is 11.9. The van der Waals surface area contributed by atoms with E-state index in [1.54, 1.807) is 30.3 Å². The molecule has 0 spiro atoms. The molecule has 4 rings (SSSR count). The zero-order valence-corrected chi connectivity index (χ0v) is 17.1. The minimum absolute atomic E-state index is 0.247. The highest BCUT2D eigenvalue weighted by Gasteiger charge is 2.26. The van der Waals surface area contributed by atoms with E-state index in [9.17, 15) is 9.18 Å². The van der Waals surface area contributed by atoms with Crippen LogP contribution in [-0.2, 0) is 4.74 Å². The standard InChI is InChI=1S/C23H25FN4O2/c1-28(18-10-8-17(25)9-11-18)22-21(14-3-6-16(24)7-4-14)26-19-12-5-15(23(29)30-2)13-20(19)27-22/h3-7,12-13,17-18H,8-11,25H2,1-2H3. The fourth-order valence-electron chi connectivity index (χ4n) is 4.00. The Balaban J connectivity index is 1.83. The van der Waals surface area contributed by atoms with E-state index < -0.39 is 5.97 Å². The van der Waals surface area contributed by atoms with Gasteiger partial charge in [-0.05, 0) is 68.1 Å². The predicted octanol–water partition coefficient (Wildman–Crippen LogP) is 3.93. The van der Waals surface area contributed by atoms with Crippen LogP contribution < -0.4 is 10.6 Å². The number of rotatable bonds is 4. The number of fused-ring (bicyclic) bond motifs is 1. The van der Waals surface area contributed by atoms with Crippen LogP contribution in [-0.4, -0.2) is 42.2 Å². The van der Waals surface area contributed by atoms with Crippen molar-refractivity contribution in [2.24, 2.45) is 5.73 Å². The second-order valence-corrected chi connectivity index (χ2v) is 7.78. The number of methoxy groups -OCH3 is 1. The van der Waals surface area contributed by atoms with Crippen molar-refractivity contribution in [2.45, 2.75) is 37.8 Å². The molecule has 0 amide bonds. The predicted molar refractivity (Wildman–Crippen MR) is 115 cm³/mol. The maximum absolute atomic E-state index is 13.5. The smallest absolute Gasteiger partial charge is 0.337 e. The number of halogens is 1. The van der Waals surface area contributed by atoms with E-state index in [-0.39, 0.29) is 11.9 Å². The van der Waals surface area contributed by atoms with Gasteiger partial charge >= 0.3 is 5.97 Å². The molecule has 1 aliphatic rings. The first-order chi connectivity index (χ1) is 14.5. The molecule has 1 heterocycles. The largest absolute Gasteiger partial charge is 0.465 e. The molecule has 0 atom stereocenters. The van der Waals surface area contributed by atoms with Crippen LogP contribution in [0.2, 0.25) is 0 Å². The fourth-order valence-corrected chi connectivity index (χ4v) is 4.00. The van der Waals surface area contributed by atoms with Crippen LogP contribution in [0.3, 0.4) is 0 Å². The average Bonchev–Trinajstić information content (AvgIpc) is 2.78. The molecule has 7 heteroatoms. The van der Waals surface area contributed by atoms with E-state index in [1.807, 2.05) is 7.05 Å². The van der Waals surface area contributed by atoms with Crippen molar-refractivity contribution in [2.75, 3.05) is 19.1 Å². The van der Waals surface area contributed by atoms with Gasteiger partial charge in [-0.25, -0.2) is 19.2 Å². The Hall–Kier alpha value is -3.06. The van der Waals surface area contributed by atoms with Gasteiger partial charge in [-0.15, -0.1) is 0 Å². The normalized spacial score (nSPS) is 18.9. The molecule has 1 fully saturated rings. The quantitative estimate of drug-likeness (QED) is 0.659. The van der Waals surface area contributed by atoms with Gasteiger partial charge in [-0.2, -0.15) is 0 Å². The number of ether oxygens (including phenoxy) is 1. The Bertz CT molecular complexity index is 1060. The summed E-state index contributed by atoms with van der Waals surface area (Å²) in [5, 5.41) is 0. The number of anilines is 1. The van der Waals surface area contributed by atoms with Gasteiger partial charge in [-0.3, -0.25) is 0 Å². The molecule has 156 valence electrons. The number of carbonyl (C=O) groups is 1. The zero-order chi connectivity index (χ0) is 21.3. The molecule has 0 radical (unpaired) electrons. The minimum atomic E-state index is -0.419. The van der Waals surface area contributed by atoms with Crippen molar-refractivity contribution in [1.29, 1.82) is 0 Å². The van der Waals surface area contributed by atoms with Crippen LogP contribution in [0.15, 0.2) is 42.5 Å². The maximum atomic E-state index is 13.5. The Morgan fingerprint density at radius 3 is 2.43 bits per heavy atom. The molecule has 0 unspecified atom stereocenters. The second-order valence-electron chi connectivity index (χ2n) is 7.78. The number of nitrogens with zero attached hydrogens (tertiary/aromatic N) is 3. The number of esters is 1. The SMILES string of the molecule is COC(=O)c1ccc2nc(-c3ccc(F)cc3)c(N(C)C3CCC(N)CC3)nc2c1. The highest BCUT2D eigenvalue weighted by molar-refractivity contribution is 5.94. The molecule has 6 nitrogen and oxygen atoms in total. The molecule has 2 N–H and O–H groups in total. The van der Waals surface area contributed by atoms with Crippen LogP contribution in [0.25, 0.3) is 22.3 Å². The van der Waals surface area contributed by atoms with Gasteiger partial charge in [0.2, 0.25) is 0 Å². The Labute approximate surface area is 174 Å². The van der Waals surface area contributed by atoms with E-state index in [2.05, 4.69) is 4.90 Å². The monoisotopic (exact) mass is 408 g/mol. The van der Waals surface area contributed by atoms with Gasteiger partial charge in [0.05, 0.1) is 23.7 Å². The van der Waals surface area contributed by atoms with Crippen molar-refractivity contribution < 1.29 is 13.9 Å². The van der Waals surface area contributed by atoms with E-state index >= 15 is 0 Å². The number of nitrogens with two attached hydrogens (primary N) is 1. The van der Waals surface area contributed by atoms with E-state index in [4.69, 9.17) is 20.4 Å². The van der Waals surface area contributed by atoms with Gasteiger partial charge < -0.3 is 15.4 Å². The summed E-state index contributed by atoms with van der Waals surface area (Å²) in [6.45, 7) is 0. The molecule has 1 saturated carbocycles. The van der Waals surface area contributed by atoms with E-state index in [0.717, 1.165) is 31.2 Å². The molecule has 0 aliphatic heterocycles. The molecular weight excluding hydrogens is 383 g/mol. The molecule has 30 heavy (non-hydrogen) atoms. The number of aromatic nitrogens is 2. The summed E-state index contributed by atoms with van der Waals surface area (Å²) in [5.74, 6) is -0.0135. The lowest BCUT2D eigenvalue weighted by Gasteiger charge is -2.35. The third-order valence-electron chi connectivity index (χ3n) is 5.81. The molecule has 1 aliphatic carbocycles. The van der Waals surface area contributed by atoms with Crippen LogP contribution in [0, 0.1) is 5.82 Å². The van der Waals surface area contributed by atoms with Gasteiger partial charge in [0.1, 0.15) is 11.5 Å². The van der Waals surface area contributed by atoms with Crippen molar-refractivity contribution >= 4 is 22.8 Å². The van der Waals surface area contributed by atoms with Crippen molar-refractivity contribution in [3.05, 3.63) is 53.8 Å². The lowest BCUT2D eigenvalue weighted by atomic mass is 9.91. The molecule has 0 bridgehead atoms. The van der Waals surface area contributed by atoms with Gasteiger partial charge in [-0.1, -0.05) is 0 Å². The summed E-state index contributed by atoms with van der Waals surface area (Å²) in [5.41, 5.74) is 9.24. The Kier molecular flexibility index (Phi) is 5.63. The Morgan fingerprint density at radius 2 is 1.77 bits per heavy atom. The van der Waals surface area contributed by atoms with Crippen LogP contribution in [0.4, 0.5) is 10.2 Å². The number of hydrogen-bond acceptors (Lipinski definition) is 6. The van der Waals surface area contributed by atoms with Gasteiger partial charge in [0.25, 0.3) is 0 Å². The second kappa shape index (κ2) is 8.36. The number of benzene rings is 2. The lowest BCUT2D eigenvalue weighted by molar-refractivity contribution is 0.0601. The van der Waals surface area contributed by atoms with E-state index in [1.165, 1.54) is 19.2 Å². The number of hydrogen-bond donors (Lipinski definition) is 1. The zero-order valence-electron chi connectivity index (χ0n) is 17.1. The van der Waals surface area contributed by atoms with Crippen LogP contribution >= 0.6 is 0 Å². The first kappa shape index (κ1) is 20.2. The third-order valence-corrected chi connectivity index (χ3v) is 5.81. The van der Waals surface area contributed by atoms with Crippen molar-refractivity contribution in [3.8, 4) is 11.3 Å². The minimum Gasteiger partial charge on any atom is -0.465 e. The summed E-state index contributed by atoms with van der Waals surface area (Å²) in [6.07, 6.45) is 3.88. The first-order valence-corrected chi connectivity index (χ1v) is 10.1. The maximum Gasteiger partial charge on any atom is 0.337 e. The summed E-state index contributed by atoms with van der Waals surface area (Å²) in [7, 11) is 3.36. The van der Waals surface area contributed by atoms with Crippen molar-refractivity contribution in [3.63, 3.8) is 0 Å². The van der Waals surface area contributed by atoms with Crippen molar-refractivity contribution in [1.82, 2.24) is 9.97 Å². The highest BCUT2D eigenvalue weighted by atomic mass is 19.1. The third kappa shape index (κ3) is 3.98. The summed E-state index contributed by atoms with van der Waals surface area (Å²) >= 11 is 0. The van der Waals surface area contributed by atoms with Gasteiger partial charge in [0, 0.05) is 24.7 Å². The average molecular weight is 408 g/mol. The lowest BCUT2D eigenvalue weighted by Crippen LogP contribution is -2.39. The summed E-state index contributed by atoms with van der Waals surface area (Å²) < 4.78 is 18.3. The van der Waals surface area contributed by atoms with Gasteiger partial charge in [0.15, 0.2) is 5.82 Å². The Morgan fingerprint density at radius 1 is 1.07 bits per heavy atom. The molecule has 3 aromatic rings. The molecule has 1 aromatic heterocycles. The molecular formula is C23H25FN4O2. The first-order valence-electron chi connectivity index (χ1n) is 10.1. The molecule has 0 saturated heterocycles. The van der Waals surface area contributed by atoms with Crippen LogP contribution in [0.5, 0.6) is 0 Å². The fraction of sp³-hybridized carbons (Fsp3) is 0.348. The van der Waals surface area contributed by atoms with Crippen LogP contribution in [0.1, 0.15) is 36.0 Å². The topological polar surface area (TPSA) is 81.3 Å². The highest BCUT2D eigenvalue weighted by Crippen LogP contribution is 2.33. The number of carbonyl (C=O) groups excluding carboxylic acids is 1. The summed E-state index contributed by atoms with van der Waals surface area (Å²) in [4.78, 5) is 23.8. The molecule has 2 aromatic carbocycles.